The van der Waals surface area contributed by atoms with Crippen LogP contribution in [0.1, 0.15) is 36.5 Å². The standard InChI is InChI=1S/C15H22N4O2S.ClH/c1-8-9(2)22-14-12(8)13(21)17-10(18-14)5-6-11(20)19-15(3,4)7-16;/h5-7,16H2,1-4H3,(H,19,20)(H,17,18,21);1H. The number of nitrogens with one attached hydrogen (secondary N) is 2. The van der Waals surface area contributed by atoms with Gasteiger partial charge in [-0.3, -0.25) is 9.59 Å². The molecule has 2 aromatic rings. The molecule has 8 heteroatoms. The average molecular weight is 359 g/mol. The van der Waals surface area contributed by atoms with E-state index in [0.717, 1.165) is 15.3 Å². The van der Waals surface area contributed by atoms with Gasteiger partial charge in [0.2, 0.25) is 5.91 Å². The van der Waals surface area contributed by atoms with Crippen LogP contribution in [0.2, 0.25) is 0 Å². The SMILES string of the molecule is Cc1sc2nc(CCC(=O)NC(C)(C)CN)[nH]c(=O)c2c1C.Cl. The van der Waals surface area contributed by atoms with Gasteiger partial charge in [-0.2, -0.15) is 0 Å². The third kappa shape index (κ3) is 4.53. The lowest BCUT2D eigenvalue weighted by molar-refractivity contribution is -0.122. The maximum atomic E-state index is 12.1. The number of nitrogens with two attached hydrogens (primary N) is 1. The van der Waals surface area contributed by atoms with Crippen molar-refractivity contribution in [1.82, 2.24) is 15.3 Å². The molecule has 0 bridgehead atoms. The summed E-state index contributed by atoms with van der Waals surface area (Å²) in [6.07, 6.45) is 0.662. The molecule has 0 aliphatic carbocycles. The second-order valence-corrected chi connectivity index (χ2v) is 7.32. The van der Waals surface area contributed by atoms with E-state index in [1.807, 2.05) is 27.7 Å². The van der Waals surface area contributed by atoms with Crippen LogP contribution in [0.4, 0.5) is 0 Å². The second kappa shape index (κ2) is 7.42. The summed E-state index contributed by atoms with van der Waals surface area (Å²) in [6, 6.07) is 0. The first kappa shape index (κ1) is 19.6. The molecular weight excluding hydrogens is 336 g/mol. The molecule has 0 saturated heterocycles. The third-order valence-corrected chi connectivity index (χ3v) is 4.77. The van der Waals surface area contributed by atoms with Crippen molar-refractivity contribution in [3.8, 4) is 0 Å². The van der Waals surface area contributed by atoms with Gasteiger partial charge in [0.25, 0.3) is 5.56 Å². The van der Waals surface area contributed by atoms with Crippen LogP contribution in [0.15, 0.2) is 4.79 Å². The van der Waals surface area contributed by atoms with Gasteiger partial charge in [0.15, 0.2) is 0 Å². The second-order valence-electron chi connectivity index (χ2n) is 6.11. The van der Waals surface area contributed by atoms with E-state index in [-0.39, 0.29) is 30.3 Å². The quantitative estimate of drug-likeness (QED) is 0.758. The van der Waals surface area contributed by atoms with Crippen molar-refractivity contribution >= 4 is 39.9 Å². The van der Waals surface area contributed by atoms with Crippen molar-refractivity contribution in [3.63, 3.8) is 0 Å². The molecular formula is C15H23ClN4O2S. The fourth-order valence-corrected chi connectivity index (χ4v) is 3.19. The Kier molecular flexibility index (Phi) is 6.33. The first-order valence-electron chi connectivity index (χ1n) is 7.23. The summed E-state index contributed by atoms with van der Waals surface area (Å²) in [6.45, 7) is 8.01. The summed E-state index contributed by atoms with van der Waals surface area (Å²) in [5.41, 5.74) is 6.00. The molecule has 0 fully saturated rings. The van der Waals surface area contributed by atoms with E-state index in [4.69, 9.17) is 5.73 Å². The Morgan fingerprint density at radius 1 is 1.39 bits per heavy atom. The number of hydrogen-bond acceptors (Lipinski definition) is 5. The molecule has 2 rings (SSSR count). The smallest absolute Gasteiger partial charge is 0.259 e. The van der Waals surface area contributed by atoms with E-state index in [2.05, 4.69) is 15.3 Å². The van der Waals surface area contributed by atoms with Crippen molar-refractivity contribution in [3.05, 3.63) is 26.6 Å². The van der Waals surface area contributed by atoms with Gasteiger partial charge in [-0.15, -0.1) is 23.7 Å². The molecule has 128 valence electrons. The van der Waals surface area contributed by atoms with Gasteiger partial charge in [-0.05, 0) is 33.3 Å². The highest BCUT2D eigenvalue weighted by molar-refractivity contribution is 7.18. The van der Waals surface area contributed by atoms with Crippen molar-refractivity contribution in [2.75, 3.05) is 6.54 Å². The number of fused-ring (bicyclic) bond motifs is 1. The molecule has 6 nitrogen and oxygen atoms in total. The zero-order valence-corrected chi connectivity index (χ0v) is 15.4. The molecule has 0 spiro atoms. The van der Waals surface area contributed by atoms with E-state index < -0.39 is 5.54 Å². The summed E-state index contributed by atoms with van der Waals surface area (Å²) in [5.74, 6) is 0.441. The predicted octanol–water partition coefficient (Wildman–Crippen LogP) is 1.81. The fraction of sp³-hybridized carbons (Fsp3) is 0.533. The number of carbonyl (C=O) groups is 1. The number of hydrogen-bond donors (Lipinski definition) is 3. The summed E-state index contributed by atoms with van der Waals surface area (Å²) >= 11 is 1.51. The predicted molar refractivity (Wildman–Crippen MR) is 96.6 cm³/mol. The highest BCUT2D eigenvalue weighted by Gasteiger charge is 2.18. The molecule has 0 aromatic carbocycles. The molecule has 0 atom stereocenters. The molecule has 4 N–H and O–H groups in total. The highest BCUT2D eigenvalue weighted by atomic mass is 35.5. The molecule has 2 aromatic heterocycles. The molecule has 2 heterocycles. The number of nitrogens with zero attached hydrogens (tertiary/aromatic N) is 1. The van der Waals surface area contributed by atoms with Crippen molar-refractivity contribution in [1.29, 1.82) is 0 Å². The Labute approximate surface area is 145 Å². The molecule has 0 aliphatic rings. The summed E-state index contributed by atoms with van der Waals surface area (Å²) < 4.78 is 0. The van der Waals surface area contributed by atoms with Crippen LogP contribution in [0.25, 0.3) is 10.2 Å². The minimum atomic E-state index is -0.427. The lowest BCUT2D eigenvalue weighted by Crippen LogP contribution is -2.48. The Hall–Kier alpha value is -1.44. The molecule has 0 unspecified atom stereocenters. The summed E-state index contributed by atoms with van der Waals surface area (Å²) in [4.78, 5) is 33.1. The normalized spacial score (nSPS) is 11.3. The number of thiophene rings is 1. The van der Waals surface area contributed by atoms with Crippen molar-refractivity contribution in [2.45, 2.75) is 46.1 Å². The van der Waals surface area contributed by atoms with Crippen LogP contribution < -0.4 is 16.6 Å². The zero-order chi connectivity index (χ0) is 16.5. The molecule has 0 aliphatic heterocycles. The Morgan fingerprint density at radius 2 is 2.04 bits per heavy atom. The minimum absolute atomic E-state index is 0. The lowest BCUT2D eigenvalue weighted by atomic mass is 10.1. The van der Waals surface area contributed by atoms with Gasteiger partial charge in [0.05, 0.1) is 5.39 Å². The monoisotopic (exact) mass is 358 g/mol. The maximum Gasteiger partial charge on any atom is 0.259 e. The lowest BCUT2D eigenvalue weighted by Gasteiger charge is -2.24. The number of aromatic amines is 1. The number of halogens is 1. The molecule has 1 amide bonds. The minimum Gasteiger partial charge on any atom is -0.350 e. The molecule has 0 radical (unpaired) electrons. The topological polar surface area (TPSA) is 101 Å². The van der Waals surface area contributed by atoms with Crippen LogP contribution in [-0.2, 0) is 11.2 Å². The zero-order valence-electron chi connectivity index (χ0n) is 13.8. The van der Waals surface area contributed by atoms with Gasteiger partial charge in [-0.1, -0.05) is 0 Å². The summed E-state index contributed by atoms with van der Waals surface area (Å²) in [5, 5.41) is 3.51. The Morgan fingerprint density at radius 3 is 2.65 bits per heavy atom. The Bertz CT molecular complexity index is 767. The molecule has 0 saturated carbocycles. The van der Waals surface area contributed by atoms with E-state index in [1.165, 1.54) is 11.3 Å². The average Bonchev–Trinajstić information content (AvgIpc) is 2.72. The first-order chi connectivity index (χ1) is 10.2. The van der Waals surface area contributed by atoms with Crippen molar-refractivity contribution < 1.29 is 4.79 Å². The van der Waals surface area contributed by atoms with Gasteiger partial charge in [0, 0.05) is 29.8 Å². The summed E-state index contributed by atoms with van der Waals surface area (Å²) in [7, 11) is 0. The highest BCUT2D eigenvalue weighted by Crippen LogP contribution is 2.25. The number of aryl methyl sites for hydroxylation is 3. The van der Waals surface area contributed by atoms with E-state index >= 15 is 0 Å². The number of carbonyl (C=O) groups excluding carboxylic acids is 1. The van der Waals surface area contributed by atoms with Gasteiger partial charge < -0.3 is 16.0 Å². The number of rotatable bonds is 5. The number of H-pyrrole nitrogens is 1. The van der Waals surface area contributed by atoms with E-state index in [0.29, 0.717) is 24.2 Å². The van der Waals surface area contributed by atoms with Gasteiger partial charge in [-0.25, -0.2) is 4.98 Å². The van der Waals surface area contributed by atoms with Crippen LogP contribution in [0.5, 0.6) is 0 Å². The van der Waals surface area contributed by atoms with Crippen LogP contribution in [0, 0.1) is 13.8 Å². The van der Waals surface area contributed by atoms with E-state index in [9.17, 15) is 9.59 Å². The van der Waals surface area contributed by atoms with Crippen LogP contribution in [-0.4, -0.2) is 28.0 Å². The number of aromatic nitrogens is 2. The number of amides is 1. The van der Waals surface area contributed by atoms with Gasteiger partial charge >= 0.3 is 0 Å². The first-order valence-corrected chi connectivity index (χ1v) is 8.05. The van der Waals surface area contributed by atoms with Gasteiger partial charge in [0.1, 0.15) is 10.7 Å². The maximum absolute atomic E-state index is 12.1. The van der Waals surface area contributed by atoms with Crippen molar-refractivity contribution in [2.24, 2.45) is 5.73 Å². The third-order valence-electron chi connectivity index (χ3n) is 3.67. The van der Waals surface area contributed by atoms with Crippen LogP contribution >= 0.6 is 23.7 Å². The largest absolute Gasteiger partial charge is 0.350 e. The fourth-order valence-electron chi connectivity index (χ4n) is 2.14. The van der Waals surface area contributed by atoms with Crippen LogP contribution in [0.3, 0.4) is 0 Å². The Balaban J connectivity index is 0.00000264. The van der Waals surface area contributed by atoms with E-state index in [1.54, 1.807) is 0 Å². The molecule has 23 heavy (non-hydrogen) atoms.